The third-order valence-electron chi connectivity index (χ3n) is 10.6. The first kappa shape index (κ1) is 34.3. The van der Waals surface area contributed by atoms with Crippen LogP contribution >= 0.6 is 7.14 Å². The second-order valence-corrected chi connectivity index (χ2v) is 16.8. The van der Waals surface area contributed by atoms with E-state index in [9.17, 15) is 0 Å². The van der Waals surface area contributed by atoms with E-state index in [0.717, 1.165) is 93.6 Å². The standard InChI is InChI=1S/C51H34N3O2P/c55-57(41-16-5-11-35(29-41)39-14-9-26-52-33-39,42-17-6-12-36(30-42)40-15-10-27-53-34-40)43-18-7-13-37(31-43)45-21-8-22-47-48-32-38(24-25-50(48)56-51(45)47)44-19-1-2-20-46(44)49-23-3-4-28-54-49/h1-34H. The lowest BCUT2D eigenvalue weighted by Crippen LogP contribution is -2.25. The molecule has 0 radical (unpaired) electrons. The summed E-state index contributed by atoms with van der Waals surface area (Å²) in [4.78, 5) is 13.3. The van der Waals surface area contributed by atoms with Crippen molar-refractivity contribution in [3.63, 3.8) is 0 Å². The molecule has 0 aliphatic rings. The third-order valence-corrected chi connectivity index (χ3v) is 13.6. The Morgan fingerprint density at radius 2 is 0.965 bits per heavy atom. The molecular weight excluding hydrogens is 718 g/mol. The average Bonchev–Trinajstić information content (AvgIpc) is 3.68. The molecule has 270 valence electrons. The number of hydrogen-bond acceptors (Lipinski definition) is 5. The van der Waals surface area contributed by atoms with E-state index < -0.39 is 7.14 Å². The van der Waals surface area contributed by atoms with Crippen LogP contribution in [0.15, 0.2) is 211 Å². The van der Waals surface area contributed by atoms with Crippen LogP contribution in [0.5, 0.6) is 0 Å². The molecule has 6 aromatic carbocycles. The maximum atomic E-state index is 16.2. The molecule has 10 aromatic rings. The van der Waals surface area contributed by atoms with Crippen LogP contribution in [0.1, 0.15) is 0 Å². The van der Waals surface area contributed by atoms with Gasteiger partial charge in [-0.1, -0.05) is 121 Å². The molecule has 0 spiro atoms. The molecule has 0 fully saturated rings. The van der Waals surface area contributed by atoms with Crippen LogP contribution in [0, 0.1) is 0 Å². The summed E-state index contributed by atoms with van der Waals surface area (Å²) < 4.78 is 22.9. The zero-order valence-electron chi connectivity index (χ0n) is 30.7. The van der Waals surface area contributed by atoms with Gasteiger partial charge in [0.15, 0.2) is 7.14 Å². The van der Waals surface area contributed by atoms with Crippen molar-refractivity contribution in [3.05, 3.63) is 207 Å². The van der Waals surface area contributed by atoms with Crippen molar-refractivity contribution >= 4 is 45.0 Å². The van der Waals surface area contributed by atoms with Crippen LogP contribution < -0.4 is 15.9 Å². The lowest BCUT2D eigenvalue weighted by Gasteiger charge is -2.22. The lowest BCUT2D eigenvalue weighted by molar-refractivity contribution is 0.592. The number of fused-ring (bicyclic) bond motifs is 3. The van der Waals surface area contributed by atoms with Gasteiger partial charge in [0.05, 0.1) is 5.69 Å². The van der Waals surface area contributed by atoms with E-state index in [1.807, 2.05) is 128 Å². The number of hydrogen-bond donors (Lipinski definition) is 0. The summed E-state index contributed by atoms with van der Waals surface area (Å²) in [6.07, 6.45) is 9.02. The SMILES string of the molecule is O=P(c1cccc(-c2cccnc2)c1)(c1cccc(-c2cccnc2)c1)c1cccc(-c2cccc3c2oc2ccc(-c4ccccc4-c4ccccn4)cc23)c1. The van der Waals surface area contributed by atoms with Gasteiger partial charge < -0.3 is 8.98 Å². The number of benzene rings is 6. The Bertz CT molecular complexity index is 3020. The first-order valence-corrected chi connectivity index (χ1v) is 20.5. The molecule has 57 heavy (non-hydrogen) atoms. The largest absolute Gasteiger partial charge is 0.455 e. The van der Waals surface area contributed by atoms with E-state index in [4.69, 9.17) is 4.42 Å². The Balaban J connectivity index is 1.12. The van der Waals surface area contributed by atoms with Gasteiger partial charge in [-0.05, 0) is 82.4 Å². The van der Waals surface area contributed by atoms with E-state index in [1.54, 1.807) is 12.4 Å². The number of pyridine rings is 3. The molecule has 0 saturated heterocycles. The minimum Gasteiger partial charge on any atom is -0.455 e. The normalized spacial score (nSPS) is 11.6. The van der Waals surface area contributed by atoms with E-state index in [2.05, 4.69) is 81.7 Å². The van der Waals surface area contributed by atoms with Crippen LogP contribution in [0.3, 0.4) is 0 Å². The second-order valence-electron chi connectivity index (χ2n) is 14.0. The summed E-state index contributed by atoms with van der Waals surface area (Å²) in [5.41, 5.74) is 11.5. The van der Waals surface area contributed by atoms with E-state index in [0.29, 0.717) is 0 Å². The fourth-order valence-electron chi connectivity index (χ4n) is 7.82. The second kappa shape index (κ2) is 14.5. The van der Waals surface area contributed by atoms with E-state index in [1.165, 1.54) is 0 Å². The van der Waals surface area contributed by atoms with Crippen molar-refractivity contribution in [2.45, 2.75) is 0 Å². The molecular formula is C51H34N3O2P. The third kappa shape index (κ3) is 6.25. The lowest BCUT2D eigenvalue weighted by atomic mass is 9.95. The Labute approximate surface area is 330 Å². The molecule has 0 aliphatic heterocycles. The van der Waals surface area contributed by atoms with Crippen LogP contribution in [0.2, 0.25) is 0 Å². The Morgan fingerprint density at radius 1 is 0.404 bits per heavy atom. The zero-order valence-corrected chi connectivity index (χ0v) is 31.6. The first-order chi connectivity index (χ1) is 28.1. The van der Waals surface area contributed by atoms with Crippen molar-refractivity contribution in [1.29, 1.82) is 0 Å². The van der Waals surface area contributed by atoms with Gasteiger partial charge in [-0.3, -0.25) is 15.0 Å². The minimum absolute atomic E-state index is 0.730. The summed E-state index contributed by atoms with van der Waals surface area (Å²) in [7, 11) is -3.45. The van der Waals surface area contributed by atoms with Gasteiger partial charge >= 0.3 is 0 Å². The molecule has 4 heterocycles. The number of para-hydroxylation sites is 1. The molecule has 0 N–H and O–H groups in total. The van der Waals surface area contributed by atoms with Gasteiger partial charge in [0.25, 0.3) is 0 Å². The van der Waals surface area contributed by atoms with Gasteiger partial charge in [-0.25, -0.2) is 0 Å². The quantitative estimate of drug-likeness (QED) is 0.145. The van der Waals surface area contributed by atoms with E-state index >= 15 is 4.57 Å². The molecule has 0 amide bonds. The van der Waals surface area contributed by atoms with Crippen molar-refractivity contribution < 1.29 is 8.98 Å². The summed E-state index contributed by atoms with van der Waals surface area (Å²) in [5, 5.41) is 4.26. The highest BCUT2D eigenvalue weighted by atomic mass is 31.2. The minimum atomic E-state index is -3.45. The average molecular weight is 752 g/mol. The van der Waals surface area contributed by atoms with Gasteiger partial charge in [0, 0.05) is 79.9 Å². The van der Waals surface area contributed by atoms with Crippen LogP contribution in [0.25, 0.3) is 77.7 Å². The van der Waals surface area contributed by atoms with Gasteiger partial charge in [-0.15, -0.1) is 0 Å². The maximum Gasteiger partial charge on any atom is 0.171 e. The first-order valence-electron chi connectivity index (χ1n) is 18.8. The van der Waals surface area contributed by atoms with Crippen LogP contribution in [-0.4, -0.2) is 15.0 Å². The highest BCUT2D eigenvalue weighted by molar-refractivity contribution is 7.85. The molecule has 4 aromatic heterocycles. The highest BCUT2D eigenvalue weighted by Crippen LogP contribution is 2.46. The predicted molar refractivity (Wildman–Crippen MR) is 234 cm³/mol. The molecule has 5 nitrogen and oxygen atoms in total. The molecule has 10 rings (SSSR count). The van der Waals surface area contributed by atoms with Crippen molar-refractivity contribution in [3.8, 4) is 55.8 Å². The topological polar surface area (TPSA) is 68.9 Å². The smallest absolute Gasteiger partial charge is 0.171 e. The fraction of sp³-hybridized carbons (Fsp3) is 0. The number of furan rings is 1. The molecule has 0 unspecified atom stereocenters. The Morgan fingerprint density at radius 3 is 1.60 bits per heavy atom. The Hall–Kier alpha value is -7.20. The molecule has 6 heteroatoms. The van der Waals surface area contributed by atoms with Gasteiger partial charge in [0.2, 0.25) is 0 Å². The fourth-order valence-corrected chi connectivity index (χ4v) is 10.6. The summed E-state index contributed by atoms with van der Waals surface area (Å²) >= 11 is 0. The number of nitrogens with zero attached hydrogens (tertiary/aromatic N) is 3. The van der Waals surface area contributed by atoms with Crippen LogP contribution in [0.4, 0.5) is 0 Å². The summed E-state index contributed by atoms with van der Waals surface area (Å²) in [5.74, 6) is 0. The summed E-state index contributed by atoms with van der Waals surface area (Å²) in [6.45, 7) is 0. The maximum absolute atomic E-state index is 16.2. The van der Waals surface area contributed by atoms with Crippen molar-refractivity contribution in [1.82, 2.24) is 15.0 Å². The van der Waals surface area contributed by atoms with Crippen molar-refractivity contribution in [2.75, 3.05) is 0 Å². The Kier molecular flexibility index (Phi) is 8.70. The molecule has 0 atom stereocenters. The monoisotopic (exact) mass is 751 g/mol. The summed E-state index contributed by atoms with van der Waals surface area (Å²) in [6, 6.07) is 59.1. The van der Waals surface area contributed by atoms with Crippen LogP contribution in [-0.2, 0) is 4.57 Å². The van der Waals surface area contributed by atoms with Gasteiger partial charge in [0.1, 0.15) is 11.2 Å². The predicted octanol–water partition coefficient (Wildman–Crippen LogP) is 11.7. The van der Waals surface area contributed by atoms with E-state index in [-0.39, 0.29) is 0 Å². The molecule has 0 aliphatic carbocycles. The highest BCUT2D eigenvalue weighted by Gasteiger charge is 2.31. The number of rotatable bonds is 8. The molecule has 0 saturated carbocycles. The zero-order chi connectivity index (χ0) is 38.2. The van der Waals surface area contributed by atoms with Gasteiger partial charge in [-0.2, -0.15) is 0 Å². The number of aromatic nitrogens is 3. The van der Waals surface area contributed by atoms with Crippen molar-refractivity contribution in [2.24, 2.45) is 0 Å². The molecule has 0 bridgehead atoms.